The number of nitrogens with one attached hydrogen (secondary N) is 1. The first kappa shape index (κ1) is 51.6. The normalized spacial score (nSPS) is 22.3. The standard InChI is InChI=1S/C48H75NO8/c1-3-5-7-9-11-13-14-15-16-17-18-19-20-21-22-23-24-25-26-27-28-30-32-34-36-38-44(52)49-41(42(51)37-35-33-31-29-12-10-8-6-4-2)40-56-48-47(55)46(54)45(53)43(39-50)57-48/h4-7,11-13,15-16,18-19,21-22,24-25,27-29,35,37,41-43,45-48,50-51,53-55H,3,8-10,14,17,20,23,26,30-34,36,38-40H2,1-2H3,(H,49,52)/b6-4+,7-5-,13-11-,16-15-,19-18-,22-21-,25-24-,28-27-,29-12+,37-35+. The van der Waals surface area contributed by atoms with E-state index in [0.29, 0.717) is 12.8 Å². The molecule has 320 valence electrons. The summed E-state index contributed by atoms with van der Waals surface area (Å²) in [5, 5.41) is 53.8. The lowest BCUT2D eigenvalue weighted by atomic mass is 9.99. The molecule has 1 heterocycles. The molecule has 1 amide bonds. The largest absolute Gasteiger partial charge is 0.394 e. The van der Waals surface area contributed by atoms with Crippen LogP contribution in [0.5, 0.6) is 0 Å². The highest BCUT2D eigenvalue weighted by Crippen LogP contribution is 2.22. The van der Waals surface area contributed by atoms with Gasteiger partial charge in [0.25, 0.3) is 0 Å². The molecule has 1 saturated heterocycles. The maximum absolute atomic E-state index is 12.9. The molecule has 1 rings (SSSR count). The van der Waals surface area contributed by atoms with Crippen LogP contribution < -0.4 is 5.32 Å². The predicted octanol–water partition coefficient (Wildman–Crippen LogP) is 8.49. The molecule has 7 atom stereocenters. The lowest BCUT2D eigenvalue weighted by Crippen LogP contribution is -2.60. The molecule has 0 saturated carbocycles. The topological polar surface area (TPSA) is 149 Å². The molecule has 1 aliphatic heterocycles. The summed E-state index contributed by atoms with van der Waals surface area (Å²) in [5.41, 5.74) is 0. The predicted molar refractivity (Wildman–Crippen MR) is 234 cm³/mol. The van der Waals surface area contributed by atoms with Crippen LogP contribution in [0, 0.1) is 0 Å². The van der Waals surface area contributed by atoms with Crippen LogP contribution in [0.25, 0.3) is 0 Å². The summed E-state index contributed by atoms with van der Waals surface area (Å²) >= 11 is 0. The molecule has 0 bridgehead atoms. The van der Waals surface area contributed by atoms with Gasteiger partial charge in [0.1, 0.15) is 24.4 Å². The number of hydrogen-bond acceptors (Lipinski definition) is 8. The van der Waals surface area contributed by atoms with Crippen LogP contribution in [-0.4, -0.2) is 87.5 Å². The molecule has 0 aromatic rings. The third kappa shape index (κ3) is 27.8. The van der Waals surface area contributed by atoms with Gasteiger partial charge >= 0.3 is 0 Å². The zero-order chi connectivity index (χ0) is 41.6. The molecule has 9 nitrogen and oxygen atoms in total. The van der Waals surface area contributed by atoms with Crippen LogP contribution in [0.1, 0.15) is 117 Å². The van der Waals surface area contributed by atoms with Crippen LogP contribution >= 0.6 is 0 Å². The molecule has 57 heavy (non-hydrogen) atoms. The number of rotatable bonds is 32. The minimum Gasteiger partial charge on any atom is -0.394 e. The van der Waals surface area contributed by atoms with E-state index >= 15 is 0 Å². The second-order valence-electron chi connectivity index (χ2n) is 14.0. The van der Waals surface area contributed by atoms with E-state index in [0.717, 1.165) is 83.5 Å². The molecular formula is C48H75NO8. The van der Waals surface area contributed by atoms with Gasteiger partial charge in [0.15, 0.2) is 6.29 Å². The molecule has 0 aliphatic carbocycles. The summed E-state index contributed by atoms with van der Waals surface area (Å²) in [5.74, 6) is -0.234. The van der Waals surface area contributed by atoms with Crippen molar-refractivity contribution >= 4 is 5.91 Å². The van der Waals surface area contributed by atoms with Gasteiger partial charge in [0, 0.05) is 6.42 Å². The van der Waals surface area contributed by atoms with E-state index in [-0.39, 0.29) is 18.9 Å². The van der Waals surface area contributed by atoms with Gasteiger partial charge < -0.3 is 40.3 Å². The van der Waals surface area contributed by atoms with Crippen LogP contribution in [0.4, 0.5) is 0 Å². The Hall–Kier alpha value is -3.41. The molecule has 7 unspecified atom stereocenters. The summed E-state index contributed by atoms with van der Waals surface area (Å²) < 4.78 is 11.1. The number of unbranched alkanes of at least 4 members (excludes halogenated alkanes) is 5. The van der Waals surface area contributed by atoms with Gasteiger partial charge in [-0.1, -0.05) is 135 Å². The Balaban J connectivity index is 2.36. The Morgan fingerprint density at radius 1 is 0.632 bits per heavy atom. The van der Waals surface area contributed by atoms with Gasteiger partial charge in [0.05, 0.1) is 25.4 Å². The second kappa shape index (κ2) is 36.9. The lowest BCUT2D eigenvalue weighted by molar-refractivity contribution is -0.302. The van der Waals surface area contributed by atoms with E-state index in [4.69, 9.17) is 9.47 Å². The van der Waals surface area contributed by atoms with E-state index in [9.17, 15) is 30.3 Å². The monoisotopic (exact) mass is 794 g/mol. The van der Waals surface area contributed by atoms with Gasteiger partial charge in [-0.2, -0.15) is 0 Å². The zero-order valence-electron chi connectivity index (χ0n) is 34.8. The van der Waals surface area contributed by atoms with Crippen LogP contribution in [0.2, 0.25) is 0 Å². The highest BCUT2D eigenvalue weighted by atomic mass is 16.7. The maximum Gasteiger partial charge on any atom is 0.220 e. The van der Waals surface area contributed by atoms with Crippen molar-refractivity contribution in [3.05, 3.63) is 122 Å². The molecule has 0 radical (unpaired) electrons. The average Bonchev–Trinajstić information content (AvgIpc) is 3.21. The van der Waals surface area contributed by atoms with Crippen LogP contribution in [0.15, 0.2) is 122 Å². The highest BCUT2D eigenvalue weighted by Gasteiger charge is 2.44. The van der Waals surface area contributed by atoms with E-state index in [2.05, 4.69) is 116 Å². The van der Waals surface area contributed by atoms with Crippen molar-refractivity contribution in [2.45, 2.75) is 159 Å². The Labute approximate surface area is 344 Å². The van der Waals surface area contributed by atoms with Crippen molar-refractivity contribution in [1.29, 1.82) is 0 Å². The molecule has 1 aliphatic rings. The minimum atomic E-state index is -1.59. The summed E-state index contributed by atoms with van der Waals surface area (Å²) in [6, 6.07) is -0.852. The fraction of sp³-hybridized carbons (Fsp3) is 0.562. The van der Waals surface area contributed by atoms with Crippen molar-refractivity contribution in [3.63, 3.8) is 0 Å². The van der Waals surface area contributed by atoms with Crippen molar-refractivity contribution in [3.8, 4) is 0 Å². The summed E-state index contributed by atoms with van der Waals surface area (Å²) in [7, 11) is 0. The van der Waals surface area contributed by atoms with E-state index in [1.165, 1.54) is 0 Å². The molecule has 1 fully saturated rings. The molecule has 0 aromatic heterocycles. The average molecular weight is 794 g/mol. The SMILES string of the molecule is C/C=C/CC/C=C/CC/C=C/C(O)C(COC1OC(CO)C(O)C(O)C1O)NC(=O)CCCCC/C=C\C/C=C\C/C=C\C/C=C\C/C=C\C/C=C\C/C=C\CC. The smallest absolute Gasteiger partial charge is 0.220 e. The highest BCUT2D eigenvalue weighted by molar-refractivity contribution is 5.76. The van der Waals surface area contributed by atoms with Crippen molar-refractivity contribution in [2.75, 3.05) is 13.2 Å². The van der Waals surface area contributed by atoms with Crippen LogP contribution in [-0.2, 0) is 14.3 Å². The fourth-order valence-corrected chi connectivity index (χ4v) is 5.70. The fourth-order valence-electron chi connectivity index (χ4n) is 5.70. The van der Waals surface area contributed by atoms with Crippen molar-refractivity contribution in [1.82, 2.24) is 5.32 Å². The molecule has 9 heteroatoms. The number of carbonyl (C=O) groups excluding carboxylic acids is 1. The number of amides is 1. The van der Waals surface area contributed by atoms with E-state index < -0.39 is 49.5 Å². The molecule has 0 spiro atoms. The zero-order valence-corrected chi connectivity index (χ0v) is 34.8. The first-order chi connectivity index (χ1) is 27.8. The Morgan fingerprint density at radius 2 is 1.12 bits per heavy atom. The third-order valence-electron chi connectivity index (χ3n) is 9.09. The number of allylic oxidation sites excluding steroid dienone is 19. The van der Waals surface area contributed by atoms with Gasteiger partial charge in [-0.15, -0.1) is 0 Å². The summed E-state index contributed by atoms with van der Waals surface area (Å²) in [6.45, 7) is 3.34. The Kier molecular flexibility index (Phi) is 33.4. The third-order valence-corrected chi connectivity index (χ3v) is 9.09. The van der Waals surface area contributed by atoms with Gasteiger partial charge in [-0.3, -0.25) is 4.79 Å². The number of aliphatic hydroxyl groups is 5. The number of hydrogen-bond donors (Lipinski definition) is 6. The van der Waals surface area contributed by atoms with Crippen molar-refractivity contribution < 1.29 is 39.8 Å². The first-order valence-corrected chi connectivity index (χ1v) is 21.2. The number of carbonyl (C=O) groups is 1. The van der Waals surface area contributed by atoms with Gasteiger partial charge in [-0.25, -0.2) is 0 Å². The summed E-state index contributed by atoms with van der Waals surface area (Å²) in [6.07, 6.45) is 48.4. The second-order valence-corrected chi connectivity index (χ2v) is 14.0. The van der Waals surface area contributed by atoms with Gasteiger partial charge in [0.2, 0.25) is 5.91 Å². The maximum atomic E-state index is 12.9. The lowest BCUT2D eigenvalue weighted by Gasteiger charge is -2.40. The quantitative estimate of drug-likeness (QED) is 0.0294. The Bertz CT molecular complexity index is 1290. The first-order valence-electron chi connectivity index (χ1n) is 21.2. The van der Waals surface area contributed by atoms with Crippen molar-refractivity contribution in [2.24, 2.45) is 0 Å². The van der Waals surface area contributed by atoms with E-state index in [1.807, 2.05) is 19.1 Å². The number of ether oxygens (including phenoxy) is 2. The summed E-state index contributed by atoms with van der Waals surface area (Å²) in [4.78, 5) is 12.9. The molecule has 6 N–H and O–H groups in total. The van der Waals surface area contributed by atoms with Crippen LogP contribution in [0.3, 0.4) is 0 Å². The van der Waals surface area contributed by atoms with Gasteiger partial charge in [-0.05, 0) is 96.8 Å². The Morgan fingerprint density at radius 3 is 1.65 bits per heavy atom. The minimum absolute atomic E-state index is 0.230. The van der Waals surface area contributed by atoms with E-state index in [1.54, 1.807) is 6.08 Å². The molecule has 0 aromatic carbocycles. The molecular weight excluding hydrogens is 719 g/mol. The number of aliphatic hydroxyl groups excluding tert-OH is 5.